The van der Waals surface area contributed by atoms with Gasteiger partial charge in [0.2, 0.25) is 10.0 Å². The van der Waals surface area contributed by atoms with Crippen molar-refractivity contribution in [2.24, 2.45) is 0 Å². The minimum Gasteiger partial charge on any atom is -0.368 e. The van der Waals surface area contributed by atoms with Gasteiger partial charge in [0, 0.05) is 44.0 Å². The maximum atomic E-state index is 13.7. The van der Waals surface area contributed by atoms with E-state index < -0.39 is 16.1 Å². The molecule has 1 saturated carbocycles. The van der Waals surface area contributed by atoms with E-state index in [-0.39, 0.29) is 17.0 Å². The Morgan fingerprint density at radius 2 is 1.69 bits per heavy atom. The summed E-state index contributed by atoms with van der Waals surface area (Å²) in [7, 11) is -3.87. The van der Waals surface area contributed by atoms with Gasteiger partial charge in [0.1, 0.15) is 4.90 Å². The second kappa shape index (κ2) is 12.1. The number of benzene rings is 2. The molecule has 0 spiro atoms. The van der Waals surface area contributed by atoms with Crippen LogP contribution in [0.25, 0.3) is 0 Å². The highest BCUT2D eigenvalue weighted by Crippen LogP contribution is 2.31. The molecule has 1 unspecified atom stereocenters. The van der Waals surface area contributed by atoms with Gasteiger partial charge in [0.15, 0.2) is 0 Å². The number of carbonyl (C=O) groups is 1. The molecule has 2 aromatic rings. The number of anilines is 2. The number of piperazine rings is 1. The Morgan fingerprint density at radius 1 is 1.00 bits per heavy atom. The number of rotatable bonds is 8. The van der Waals surface area contributed by atoms with Crippen molar-refractivity contribution in [3.05, 3.63) is 54.1 Å². The zero-order valence-electron chi connectivity index (χ0n) is 21.4. The lowest BCUT2D eigenvalue weighted by atomic mass is 9.96. The van der Waals surface area contributed by atoms with Crippen LogP contribution in [-0.4, -0.2) is 58.1 Å². The third-order valence-corrected chi connectivity index (χ3v) is 8.81. The summed E-state index contributed by atoms with van der Waals surface area (Å²) in [5.41, 5.74) is 2.02. The Labute approximate surface area is 215 Å². The van der Waals surface area contributed by atoms with Crippen LogP contribution in [0.2, 0.25) is 0 Å². The third kappa shape index (κ3) is 6.78. The van der Waals surface area contributed by atoms with Crippen LogP contribution in [0, 0.1) is 0 Å². The molecule has 0 bridgehead atoms. The van der Waals surface area contributed by atoms with Crippen molar-refractivity contribution in [3.8, 4) is 0 Å². The fraction of sp³-hybridized carbons (Fsp3) is 0.519. The van der Waals surface area contributed by atoms with Crippen molar-refractivity contribution < 1.29 is 13.2 Å². The summed E-state index contributed by atoms with van der Waals surface area (Å²) in [6.07, 6.45) is 5.43. The van der Waals surface area contributed by atoms with E-state index >= 15 is 0 Å². The minimum atomic E-state index is -3.87. The summed E-state index contributed by atoms with van der Waals surface area (Å²) in [4.78, 5) is 17.3. The normalized spacial score (nSPS) is 18.6. The maximum absolute atomic E-state index is 13.7. The van der Waals surface area contributed by atoms with Gasteiger partial charge >= 0.3 is 6.03 Å². The summed E-state index contributed by atoms with van der Waals surface area (Å²) in [5, 5.41) is 5.90. The summed E-state index contributed by atoms with van der Waals surface area (Å²) in [6, 6.07) is 14.2. The largest absolute Gasteiger partial charge is 0.368 e. The first-order valence-electron chi connectivity index (χ1n) is 13.1. The number of likely N-dealkylation sites (N-methyl/N-ethyl adjacent to an activating group) is 1. The zero-order chi connectivity index (χ0) is 25.5. The number of hydrogen-bond acceptors (Lipinski definition) is 5. The SMILES string of the molecule is CCN1CCN(c2ccc(NC(=O)NC3CCCCC3)cc2S(=O)(=O)NC(C)c2ccccc2)CC1. The Bertz CT molecular complexity index is 1110. The van der Waals surface area contributed by atoms with Crippen LogP contribution in [-0.2, 0) is 10.0 Å². The van der Waals surface area contributed by atoms with Crippen LogP contribution >= 0.6 is 0 Å². The average Bonchev–Trinajstić information content (AvgIpc) is 2.89. The van der Waals surface area contributed by atoms with Crippen LogP contribution in [0.5, 0.6) is 0 Å². The molecule has 0 aromatic heterocycles. The van der Waals surface area contributed by atoms with Gasteiger partial charge in [0.25, 0.3) is 0 Å². The standard InChI is InChI=1S/C27H39N5O3S/c1-3-31-16-18-32(19-17-31)25-15-14-24(29-27(33)28-23-12-8-5-9-13-23)20-26(25)36(34,35)30-21(2)22-10-6-4-7-11-22/h4,6-7,10-11,14-15,20-21,23,30H,3,5,8-9,12-13,16-19H2,1-2H3,(H2,28,29,33). The predicted octanol–water partition coefficient (Wildman–Crippen LogP) is 4.32. The van der Waals surface area contributed by atoms with Crippen molar-refractivity contribution in [1.82, 2.24) is 14.9 Å². The van der Waals surface area contributed by atoms with Crippen LogP contribution in [0.3, 0.4) is 0 Å². The number of carbonyl (C=O) groups excluding carboxylic acids is 1. The molecule has 36 heavy (non-hydrogen) atoms. The van der Waals surface area contributed by atoms with Gasteiger partial charge in [-0.15, -0.1) is 0 Å². The number of nitrogens with one attached hydrogen (secondary N) is 3. The second-order valence-electron chi connectivity index (χ2n) is 9.79. The highest BCUT2D eigenvalue weighted by molar-refractivity contribution is 7.89. The highest BCUT2D eigenvalue weighted by Gasteiger charge is 2.27. The first-order valence-corrected chi connectivity index (χ1v) is 14.6. The Balaban J connectivity index is 1.57. The average molecular weight is 514 g/mol. The lowest BCUT2D eigenvalue weighted by Gasteiger charge is -2.36. The summed E-state index contributed by atoms with van der Waals surface area (Å²) >= 11 is 0. The second-order valence-corrected chi connectivity index (χ2v) is 11.5. The van der Waals surface area contributed by atoms with Gasteiger partial charge in [-0.3, -0.25) is 0 Å². The van der Waals surface area contributed by atoms with Gasteiger partial charge in [-0.1, -0.05) is 56.5 Å². The molecule has 8 nitrogen and oxygen atoms in total. The molecule has 1 saturated heterocycles. The molecule has 2 amide bonds. The number of sulfonamides is 1. The molecule has 196 valence electrons. The van der Waals surface area contributed by atoms with Gasteiger partial charge in [-0.25, -0.2) is 17.9 Å². The predicted molar refractivity (Wildman–Crippen MR) is 145 cm³/mol. The Kier molecular flexibility index (Phi) is 8.87. The molecule has 0 radical (unpaired) electrons. The molecule has 9 heteroatoms. The molecule has 1 heterocycles. The molecule has 4 rings (SSSR count). The number of nitrogens with zero attached hydrogens (tertiary/aromatic N) is 2. The van der Waals surface area contributed by atoms with Crippen molar-refractivity contribution in [2.75, 3.05) is 42.9 Å². The molecule has 2 aliphatic rings. The molecule has 1 aliphatic heterocycles. The highest BCUT2D eigenvalue weighted by atomic mass is 32.2. The van der Waals surface area contributed by atoms with E-state index in [4.69, 9.17) is 0 Å². The molecule has 1 atom stereocenters. The maximum Gasteiger partial charge on any atom is 0.319 e. The van der Waals surface area contributed by atoms with Crippen LogP contribution < -0.4 is 20.3 Å². The van der Waals surface area contributed by atoms with Crippen LogP contribution in [0.1, 0.15) is 57.6 Å². The smallest absolute Gasteiger partial charge is 0.319 e. The minimum absolute atomic E-state index is 0.171. The molecular weight excluding hydrogens is 474 g/mol. The van der Waals surface area contributed by atoms with Gasteiger partial charge in [-0.2, -0.15) is 0 Å². The van der Waals surface area contributed by atoms with E-state index in [2.05, 4.69) is 32.1 Å². The van der Waals surface area contributed by atoms with E-state index in [0.717, 1.165) is 64.0 Å². The quantitative estimate of drug-likeness (QED) is 0.489. The summed E-state index contributed by atoms with van der Waals surface area (Å²) < 4.78 is 30.2. The molecular formula is C27H39N5O3S. The van der Waals surface area contributed by atoms with E-state index in [1.54, 1.807) is 12.1 Å². The third-order valence-electron chi connectivity index (χ3n) is 7.24. The van der Waals surface area contributed by atoms with Crippen molar-refractivity contribution >= 4 is 27.4 Å². The van der Waals surface area contributed by atoms with E-state index in [9.17, 15) is 13.2 Å². The van der Waals surface area contributed by atoms with Gasteiger partial charge < -0.3 is 20.4 Å². The van der Waals surface area contributed by atoms with Crippen molar-refractivity contribution in [2.45, 2.75) is 62.9 Å². The van der Waals surface area contributed by atoms with E-state index in [1.165, 1.54) is 6.42 Å². The topological polar surface area (TPSA) is 93.8 Å². The summed E-state index contributed by atoms with van der Waals surface area (Å²) in [5.74, 6) is 0. The number of amides is 2. The van der Waals surface area contributed by atoms with Crippen molar-refractivity contribution in [1.29, 1.82) is 0 Å². The molecule has 3 N–H and O–H groups in total. The number of hydrogen-bond donors (Lipinski definition) is 3. The van der Waals surface area contributed by atoms with Crippen molar-refractivity contribution in [3.63, 3.8) is 0 Å². The fourth-order valence-corrected chi connectivity index (χ4v) is 6.56. The Hall–Kier alpha value is -2.62. The lowest BCUT2D eigenvalue weighted by molar-refractivity contribution is 0.244. The lowest BCUT2D eigenvalue weighted by Crippen LogP contribution is -2.46. The van der Waals surface area contributed by atoms with E-state index in [1.807, 2.05) is 43.3 Å². The summed E-state index contributed by atoms with van der Waals surface area (Å²) in [6.45, 7) is 8.22. The first-order chi connectivity index (χ1) is 17.4. The monoisotopic (exact) mass is 513 g/mol. The van der Waals surface area contributed by atoms with Crippen LogP contribution in [0.4, 0.5) is 16.2 Å². The van der Waals surface area contributed by atoms with Gasteiger partial charge in [0.05, 0.1) is 5.69 Å². The first kappa shape index (κ1) is 26.4. The number of urea groups is 1. The van der Waals surface area contributed by atoms with Gasteiger partial charge in [-0.05, 0) is 50.1 Å². The van der Waals surface area contributed by atoms with E-state index in [0.29, 0.717) is 11.4 Å². The molecule has 2 fully saturated rings. The fourth-order valence-electron chi connectivity index (χ4n) is 5.08. The molecule has 2 aromatic carbocycles. The van der Waals surface area contributed by atoms with Crippen LogP contribution in [0.15, 0.2) is 53.4 Å². The molecule has 1 aliphatic carbocycles. The zero-order valence-corrected chi connectivity index (χ0v) is 22.2. The Morgan fingerprint density at radius 3 is 2.36 bits per heavy atom.